The maximum absolute atomic E-state index is 12.9. The minimum absolute atomic E-state index is 0.184. The van der Waals surface area contributed by atoms with Crippen molar-refractivity contribution in [2.24, 2.45) is 0 Å². The number of amides is 1. The summed E-state index contributed by atoms with van der Waals surface area (Å²) in [6.07, 6.45) is 0. The highest BCUT2D eigenvalue weighted by atomic mass is 19.1. The van der Waals surface area contributed by atoms with Gasteiger partial charge in [0.25, 0.3) is 11.5 Å². The number of para-hydroxylation sites is 1. The molecule has 0 saturated heterocycles. The summed E-state index contributed by atoms with van der Waals surface area (Å²) >= 11 is 0. The van der Waals surface area contributed by atoms with Crippen LogP contribution in [0.5, 0.6) is 0 Å². The Bertz CT molecular complexity index is 969. The van der Waals surface area contributed by atoms with Crippen molar-refractivity contribution in [3.05, 3.63) is 70.5 Å². The third-order valence-corrected chi connectivity index (χ3v) is 4.12. The summed E-state index contributed by atoms with van der Waals surface area (Å²) in [7, 11) is 0. The van der Waals surface area contributed by atoms with E-state index in [0.29, 0.717) is 35.5 Å². The van der Waals surface area contributed by atoms with Crippen LogP contribution in [0, 0.1) is 5.82 Å². The van der Waals surface area contributed by atoms with Gasteiger partial charge in [0.05, 0.1) is 17.4 Å². The zero-order valence-corrected chi connectivity index (χ0v) is 14.4. The summed E-state index contributed by atoms with van der Waals surface area (Å²) in [5.74, 6) is 0.00636. The fourth-order valence-corrected chi connectivity index (χ4v) is 2.73. The van der Waals surface area contributed by atoms with Crippen molar-refractivity contribution in [2.45, 2.75) is 13.5 Å². The highest BCUT2D eigenvalue weighted by Crippen LogP contribution is 2.07. The van der Waals surface area contributed by atoms with Crippen molar-refractivity contribution >= 4 is 22.5 Å². The van der Waals surface area contributed by atoms with Crippen molar-refractivity contribution in [3.63, 3.8) is 0 Å². The van der Waals surface area contributed by atoms with E-state index in [0.717, 1.165) is 4.90 Å². The number of anilines is 1. The third-order valence-electron chi connectivity index (χ3n) is 4.12. The number of rotatable bonds is 6. The number of aromatic nitrogens is 2. The highest BCUT2D eigenvalue weighted by molar-refractivity contribution is 5.91. The van der Waals surface area contributed by atoms with Gasteiger partial charge in [0.2, 0.25) is 0 Å². The largest absolute Gasteiger partial charge is 0.321 e. The number of benzene rings is 2. The third kappa shape index (κ3) is 4.31. The van der Waals surface area contributed by atoms with Crippen LogP contribution in [-0.4, -0.2) is 29.0 Å². The van der Waals surface area contributed by atoms with E-state index in [-0.39, 0.29) is 23.8 Å². The monoisotopic (exact) mass is 355 g/mol. The first kappa shape index (κ1) is 17.8. The first-order valence-electron chi connectivity index (χ1n) is 8.42. The standard InChI is InChI=1S/C19H19FN4O2/c1-2-24(12-18(25)21-14-9-7-13(20)8-10-14)11-17-22-16-6-4-3-5-15(16)19(26)23-17/h3-10H,2,11-12H2,1H3,(H,21,25)(H,22,23,26)/p+1. The van der Waals surface area contributed by atoms with Crippen LogP contribution in [0.4, 0.5) is 10.1 Å². The van der Waals surface area contributed by atoms with E-state index in [4.69, 9.17) is 0 Å². The van der Waals surface area contributed by atoms with E-state index in [1.165, 1.54) is 24.3 Å². The van der Waals surface area contributed by atoms with E-state index in [1.54, 1.807) is 18.2 Å². The van der Waals surface area contributed by atoms with E-state index in [2.05, 4.69) is 15.3 Å². The van der Waals surface area contributed by atoms with Crippen LogP contribution in [-0.2, 0) is 11.3 Å². The Morgan fingerprint density at radius 2 is 1.92 bits per heavy atom. The minimum Gasteiger partial charge on any atom is -0.321 e. The first-order valence-corrected chi connectivity index (χ1v) is 8.42. The van der Waals surface area contributed by atoms with Crippen LogP contribution in [0.3, 0.4) is 0 Å². The molecule has 0 aliphatic rings. The number of likely N-dealkylation sites (N-methyl/N-ethyl adjacent to an activating group) is 1. The summed E-state index contributed by atoms with van der Waals surface area (Å²) in [5, 5.41) is 3.29. The number of nitrogens with one attached hydrogen (secondary N) is 3. The lowest BCUT2D eigenvalue weighted by Crippen LogP contribution is -3.11. The van der Waals surface area contributed by atoms with Gasteiger partial charge < -0.3 is 15.2 Å². The number of fused-ring (bicyclic) bond motifs is 1. The molecule has 1 heterocycles. The normalized spacial score (nSPS) is 12.1. The molecular formula is C19H20FN4O2+. The zero-order valence-electron chi connectivity index (χ0n) is 14.4. The molecule has 3 rings (SSSR count). The van der Waals surface area contributed by atoms with E-state index in [1.807, 2.05) is 13.0 Å². The van der Waals surface area contributed by atoms with Gasteiger partial charge in [-0.25, -0.2) is 9.37 Å². The molecule has 7 heteroatoms. The van der Waals surface area contributed by atoms with Gasteiger partial charge in [0, 0.05) is 5.69 Å². The molecule has 0 bridgehead atoms. The highest BCUT2D eigenvalue weighted by Gasteiger charge is 2.15. The second-order valence-corrected chi connectivity index (χ2v) is 6.04. The molecule has 6 nitrogen and oxygen atoms in total. The first-order chi connectivity index (χ1) is 12.5. The smallest absolute Gasteiger partial charge is 0.279 e. The van der Waals surface area contributed by atoms with Crippen molar-refractivity contribution < 1.29 is 14.1 Å². The van der Waals surface area contributed by atoms with E-state index < -0.39 is 0 Å². The molecule has 1 atom stereocenters. The Balaban J connectivity index is 1.68. The number of hydrogen-bond donors (Lipinski definition) is 3. The summed E-state index contributed by atoms with van der Waals surface area (Å²) in [6, 6.07) is 12.8. The topological polar surface area (TPSA) is 79.3 Å². The van der Waals surface area contributed by atoms with Crippen molar-refractivity contribution in [3.8, 4) is 0 Å². The lowest BCUT2D eigenvalue weighted by molar-refractivity contribution is -0.904. The molecule has 1 amide bonds. The lowest BCUT2D eigenvalue weighted by Gasteiger charge is -2.17. The molecule has 3 N–H and O–H groups in total. The fraction of sp³-hybridized carbons (Fsp3) is 0.211. The number of carbonyl (C=O) groups excluding carboxylic acids is 1. The molecule has 0 spiro atoms. The van der Waals surface area contributed by atoms with Crippen molar-refractivity contribution in [1.29, 1.82) is 0 Å². The fourth-order valence-electron chi connectivity index (χ4n) is 2.73. The van der Waals surface area contributed by atoms with Crippen LogP contribution in [0.1, 0.15) is 12.7 Å². The van der Waals surface area contributed by atoms with Gasteiger partial charge in [-0.2, -0.15) is 0 Å². The Kier molecular flexibility index (Phi) is 5.38. The second-order valence-electron chi connectivity index (χ2n) is 6.04. The molecule has 0 saturated carbocycles. The molecule has 3 aromatic rings. The maximum atomic E-state index is 12.9. The number of nitrogens with zero attached hydrogens (tertiary/aromatic N) is 1. The Labute approximate surface area is 149 Å². The van der Waals surface area contributed by atoms with Crippen molar-refractivity contribution in [2.75, 3.05) is 18.4 Å². The number of H-pyrrole nitrogens is 1. The van der Waals surface area contributed by atoms with Crippen LogP contribution in [0.25, 0.3) is 10.9 Å². The molecule has 26 heavy (non-hydrogen) atoms. The SMILES string of the molecule is CC[NH+](CC(=O)Nc1ccc(F)cc1)Cc1nc2ccccc2c(=O)[nH]1. The Hall–Kier alpha value is -3.06. The second kappa shape index (κ2) is 7.88. The average molecular weight is 355 g/mol. The summed E-state index contributed by atoms with van der Waals surface area (Å²) in [5.41, 5.74) is 0.998. The van der Waals surface area contributed by atoms with Gasteiger partial charge in [-0.3, -0.25) is 9.59 Å². The summed E-state index contributed by atoms with van der Waals surface area (Å²) in [6.45, 7) is 3.28. The number of aromatic amines is 1. The molecule has 1 unspecified atom stereocenters. The van der Waals surface area contributed by atoms with Crippen LogP contribution >= 0.6 is 0 Å². The van der Waals surface area contributed by atoms with Gasteiger partial charge in [0.1, 0.15) is 12.4 Å². The number of quaternary nitrogens is 1. The predicted octanol–water partition coefficient (Wildman–Crippen LogP) is 1.11. The number of halogens is 1. The van der Waals surface area contributed by atoms with E-state index in [9.17, 15) is 14.0 Å². The summed E-state index contributed by atoms with van der Waals surface area (Å²) in [4.78, 5) is 32.6. The predicted molar refractivity (Wildman–Crippen MR) is 97.5 cm³/mol. The molecule has 0 aliphatic carbocycles. The summed E-state index contributed by atoms with van der Waals surface area (Å²) < 4.78 is 12.9. The average Bonchev–Trinajstić information content (AvgIpc) is 2.63. The molecule has 2 aromatic carbocycles. The van der Waals surface area contributed by atoms with Gasteiger partial charge in [-0.15, -0.1) is 0 Å². The lowest BCUT2D eigenvalue weighted by atomic mass is 10.2. The minimum atomic E-state index is -0.352. The quantitative estimate of drug-likeness (QED) is 0.620. The Morgan fingerprint density at radius 1 is 1.19 bits per heavy atom. The van der Waals surface area contributed by atoms with Crippen molar-refractivity contribution in [1.82, 2.24) is 9.97 Å². The van der Waals surface area contributed by atoms with Gasteiger partial charge in [-0.1, -0.05) is 12.1 Å². The molecule has 0 radical (unpaired) electrons. The molecule has 134 valence electrons. The van der Waals surface area contributed by atoms with Crippen LogP contribution in [0.15, 0.2) is 53.3 Å². The van der Waals surface area contributed by atoms with Crippen LogP contribution < -0.4 is 15.8 Å². The zero-order chi connectivity index (χ0) is 18.5. The van der Waals surface area contributed by atoms with Gasteiger partial charge >= 0.3 is 0 Å². The molecular weight excluding hydrogens is 335 g/mol. The number of carbonyl (C=O) groups is 1. The Morgan fingerprint density at radius 3 is 2.65 bits per heavy atom. The number of hydrogen-bond acceptors (Lipinski definition) is 3. The molecule has 0 aliphatic heterocycles. The van der Waals surface area contributed by atoms with Crippen LogP contribution in [0.2, 0.25) is 0 Å². The molecule has 1 aromatic heterocycles. The van der Waals surface area contributed by atoms with Gasteiger partial charge in [0.15, 0.2) is 12.4 Å². The molecule has 0 fully saturated rings. The van der Waals surface area contributed by atoms with Gasteiger partial charge in [-0.05, 0) is 43.3 Å². The van der Waals surface area contributed by atoms with E-state index >= 15 is 0 Å². The maximum Gasteiger partial charge on any atom is 0.279 e.